The monoisotopic (exact) mass is 752 g/mol. The van der Waals surface area contributed by atoms with Gasteiger partial charge < -0.3 is 44.6 Å². The van der Waals surface area contributed by atoms with E-state index in [-0.39, 0.29) is 0 Å². The first kappa shape index (κ1) is 36.0. The molecule has 9 nitrogen and oxygen atoms in total. The van der Waals surface area contributed by atoms with Gasteiger partial charge in [-0.3, -0.25) is 0 Å². The first-order chi connectivity index (χ1) is 28.0. The minimum absolute atomic E-state index is 0.536. The van der Waals surface area contributed by atoms with Gasteiger partial charge in [-0.1, -0.05) is 60.7 Å². The molecule has 0 atom stereocenters. The summed E-state index contributed by atoms with van der Waals surface area (Å²) in [5.41, 5.74) is 13.2. The SMILES string of the molecule is Nc1ccccc1Oc1ccccc1Oc1cccc(Oc2ccc(Oc3ccc(Oc4cccc(Oc5ccccc5Oc5ccccc5N)c4)cc3)cc2)c1. The Kier molecular flexibility index (Phi) is 10.7. The molecule has 0 saturated heterocycles. The van der Waals surface area contributed by atoms with Crippen molar-refractivity contribution in [1.29, 1.82) is 0 Å². The number of ether oxygens (including phenoxy) is 7. The highest BCUT2D eigenvalue weighted by molar-refractivity contribution is 5.57. The maximum atomic E-state index is 6.19. The van der Waals surface area contributed by atoms with E-state index in [1.807, 2.05) is 182 Å². The smallest absolute Gasteiger partial charge is 0.170 e. The van der Waals surface area contributed by atoms with Crippen molar-refractivity contribution in [3.63, 3.8) is 0 Å². The van der Waals surface area contributed by atoms with Crippen LogP contribution in [0.3, 0.4) is 0 Å². The molecule has 0 saturated carbocycles. The average molecular weight is 753 g/mol. The highest BCUT2D eigenvalue weighted by atomic mass is 16.5. The van der Waals surface area contributed by atoms with Crippen LogP contribution < -0.4 is 44.6 Å². The zero-order chi connectivity index (χ0) is 38.8. The molecule has 8 aromatic rings. The summed E-state index contributed by atoms with van der Waals surface area (Å²) >= 11 is 0. The molecule has 0 aliphatic rings. The van der Waals surface area contributed by atoms with Crippen molar-refractivity contribution in [3.05, 3.63) is 194 Å². The fraction of sp³-hybridized carbons (Fsp3) is 0. The maximum absolute atomic E-state index is 6.19. The van der Waals surface area contributed by atoms with Crippen molar-refractivity contribution < 1.29 is 33.2 Å². The first-order valence-electron chi connectivity index (χ1n) is 18.0. The molecular formula is C48H36N2O7. The van der Waals surface area contributed by atoms with Gasteiger partial charge in [-0.05, 0) is 121 Å². The van der Waals surface area contributed by atoms with Gasteiger partial charge in [0.15, 0.2) is 34.5 Å². The number of benzene rings is 8. The quantitative estimate of drug-likeness (QED) is 0.105. The van der Waals surface area contributed by atoms with Crippen molar-refractivity contribution in [2.75, 3.05) is 11.5 Å². The van der Waals surface area contributed by atoms with Gasteiger partial charge in [-0.15, -0.1) is 0 Å². The normalized spacial score (nSPS) is 10.6. The van der Waals surface area contributed by atoms with Crippen LogP contribution in [0.4, 0.5) is 11.4 Å². The lowest BCUT2D eigenvalue weighted by atomic mass is 10.2. The number of rotatable bonds is 14. The van der Waals surface area contributed by atoms with Gasteiger partial charge in [0, 0.05) is 12.1 Å². The Morgan fingerprint density at radius 1 is 0.211 bits per heavy atom. The summed E-state index contributed by atoms with van der Waals surface area (Å²) in [6.07, 6.45) is 0. The molecule has 8 aromatic carbocycles. The Balaban J connectivity index is 0.857. The molecule has 0 bridgehead atoms. The Hall–Kier alpha value is -8.04. The Morgan fingerprint density at radius 2 is 0.474 bits per heavy atom. The molecule has 0 amide bonds. The lowest BCUT2D eigenvalue weighted by molar-refractivity contribution is 0.416. The van der Waals surface area contributed by atoms with Crippen LogP contribution >= 0.6 is 0 Å². The van der Waals surface area contributed by atoms with Crippen molar-refractivity contribution in [3.8, 4) is 80.5 Å². The molecule has 0 aliphatic carbocycles. The van der Waals surface area contributed by atoms with Crippen molar-refractivity contribution in [1.82, 2.24) is 0 Å². The predicted octanol–water partition coefficient (Wildman–Crippen LogP) is 13.4. The van der Waals surface area contributed by atoms with E-state index in [0.29, 0.717) is 91.9 Å². The van der Waals surface area contributed by atoms with Gasteiger partial charge in [0.05, 0.1) is 11.4 Å². The summed E-state index contributed by atoms with van der Waals surface area (Å²) in [7, 11) is 0. The van der Waals surface area contributed by atoms with E-state index < -0.39 is 0 Å². The van der Waals surface area contributed by atoms with Crippen LogP contribution in [0, 0.1) is 0 Å². The van der Waals surface area contributed by atoms with Crippen LogP contribution in [0.25, 0.3) is 0 Å². The van der Waals surface area contributed by atoms with Gasteiger partial charge in [0.1, 0.15) is 46.0 Å². The molecule has 4 N–H and O–H groups in total. The standard InChI is InChI=1S/C48H36N2O7/c49-41-15-1-3-17-43(41)56-47-21-7-5-19-45(47)54-39-13-9-11-37(31-39)52-35-27-23-33(24-28-35)51-34-25-29-36(30-26-34)53-38-12-10-14-40(32-38)55-46-20-6-8-22-48(46)57-44-18-4-2-16-42(44)50/h1-32H,49-50H2. The second-order valence-electron chi connectivity index (χ2n) is 12.6. The van der Waals surface area contributed by atoms with Gasteiger partial charge in [-0.2, -0.15) is 0 Å². The van der Waals surface area contributed by atoms with Gasteiger partial charge >= 0.3 is 0 Å². The number of hydrogen-bond acceptors (Lipinski definition) is 9. The fourth-order valence-corrected chi connectivity index (χ4v) is 5.64. The third-order valence-electron chi connectivity index (χ3n) is 8.40. The molecule has 0 fully saturated rings. The summed E-state index contributed by atoms with van der Waals surface area (Å²) in [6, 6.07) is 58.9. The third kappa shape index (κ3) is 9.37. The van der Waals surface area contributed by atoms with E-state index in [0.717, 1.165) is 0 Å². The lowest BCUT2D eigenvalue weighted by Gasteiger charge is -2.14. The molecule has 0 spiro atoms. The second kappa shape index (κ2) is 17.0. The zero-order valence-electron chi connectivity index (χ0n) is 30.5. The number of anilines is 2. The molecule has 0 heterocycles. The fourth-order valence-electron chi connectivity index (χ4n) is 5.64. The summed E-state index contributed by atoms with van der Waals surface area (Å²) in [5.74, 6) is 8.19. The van der Waals surface area contributed by atoms with Gasteiger partial charge in [0.2, 0.25) is 0 Å². The van der Waals surface area contributed by atoms with Crippen LogP contribution in [0.5, 0.6) is 80.5 Å². The molecule has 280 valence electrons. The molecule has 9 heteroatoms. The Labute approximate surface area is 329 Å². The number of hydrogen-bond donors (Lipinski definition) is 2. The zero-order valence-corrected chi connectivity index (χ0v) is 30.5. The van der Waals surface area contributed by atoms with Crippen LogP contribution in [-0.4, -0.2) is 0 Å². The van der Waals surface area contributed by atoms with Crippen molar-refractivity contribution in [2.24, 2.45) is 0 Å². The lowest BCUT2D eigenvalue weighted by Crippen LogP contribution is -1.94. The molecule has 0 aliphatic heterocycles. The van der Waals surface area contributed by atoms with Crippen LogP contribution in [0.15, 0.2) is 194 Å². The molecular weight excluding hydrogens is 717 g/mol. The molecule has 57 heavy (non-hydrogen) atoms. The largest absolute Gasteiger partial charge is 0.457 e. The molecule has 0 unspecified atom stereocenters. The molecule has 8 rings (SSSR count). The van der Waals surface area contributed by atoms with E-state index in [2.05, 4.69) is 0 Å². The van der Waals surface area contributed by atoms with Crippen LogP contribution in [0.2, 0.25) is 0 Å². The first-order valence-corrected chi connectivity index (χ1v) is 18.0. The number of para-hydroxylation sites is 8. The number of nitrogens with two attached hydrogens (primary N) is 2. The minimum Gasteiger partial charge on any atom is -0.457 e. The average Bonchev–Trinajstić information content (AvgIpc) is 3.23. The summed E-state index contributed by atoms with van der Waals surface area (Å²) < 4.78 is 42.8. The molecule has 0 aromatic heterocycles. The maximum Gasteiger partial charge on any atom is 0.170 e. The topological polar surface area (TPSA) is 117 Å². The van der Waals surface area contributed by atoms with Crippen molar-refractivity contribution >= 4 is 11.4 Å². The summed E-state index contributed by atoms with van der Waals surface area (Å²) in [5, 5.41) is 0. The minimum atomic E-state index is 0.536. The number of nitrogen functional groups attached to an aromatic ring is 2. The van der Waals surface area contributed by atoms with E-state index >= 15 is 0 Å². The van der Waals surface area contributed by atoms with E-state index in [9.17, 15) is 0 Å². The highest BCUT2D eigenvalue weighted by Crippen LogP contribution is 2.39. The highest BCUT2D eigenvalue weighted by Gasteiger charge is 2.12. The van der Waals surface area contributed by atoms with Crippen LogP contribution in [0.1, 0.15) is 0 Å². The Morgan fingerprint density at radius 3 is 0.807 bits per heavy atom. The van der Waals surface area contributed by atoms with Crippen molar-refractivity contribution in [2.45, 2.75) is 0 Å². The summed E-state index contributed by atoms with van der Waals surface area (Å²) in [6.45, 7) is 0. The predicted molar refractivity (Wildman–Crippen MR) is 221 cm³/mol. The Bertz CT molecular complexity index is 2410. The summed E-state index contributed by atoms with van der Waals surface area (Å²) in [4.78, 5) is 0. The van der Waals surface area contributed by atoms with Gasteiger partial charge in [0.25, 0.3) is 0 Å². The van der Waals surface area contributed by atoms with E-state index in [4.69, 9.17) is 44.6 Å². The molecule has 0 radical (unpaired) electrons. The third-order valence-corrected chi connectivity index (χ3v) is 8.40. The van der Waals surface area contributed by atoms with E-state index in [1.165, 1.54) is 0 Å². The second-order valence-corrected chi connectivity index (χ2v) is 12.6. The van der Waals surface area contributed by atoms with Gasteiger partial charge in [-0.25, -0.2) is 0 Å². The van der Waals surface area contributed by atoms with Crippen LogP contribution in [-0.2, 0) is 0 Å². The van der Waals surface area contributed by atoms with E-state index in [1.54, 1.807) is 12.1 Å².